The van der Waals surface area contributed by atoms with Crippen molar-refractivity contribution in [3.05, 3.63) is 47.4 Å². The summed E-state index contributed by atoms with van der Waals surface area (Å²) in [5.74, 6) is 1.91. The third-order valence-corrected chi connectivity index (χ3v) is 7.11. The second-order valence-corrected chi connectivity index (χ2v) is 10.3. The van der Waals surface area contributed by atoms with Gasteiger partial charge >= 0.3 is 0 Å². The van der Waals surface area contributed by atoms with Gasteiger partial charge in [-0.1, -0.05) is 13.8 Å². The molecule has 1 aromatic heterocycles. The topological polar surface area (TPSA) is 95.5 Å². The molecule has 0 spiro atoms. The van der Waals surface area contributed by atoms with Crippen molar-refractivity contribution in [1.29, 1.82) is 0 Å². The van der Waals surface area contributed by atoms with Gasteiger partial charge in [0.25, 0.3) is 5.91 Å². The van der Waals surface area contributed by atoms with Gasteiger partial charge in [-0.05, 0) is 44.0 Å². The van der Waals surface area contributed by atoms with E-state index in [4.69, 9.17) is 4.98 Å². The van der Waals surface area contributed by atoms with Gasteiger partial charge in [-0.3, -0.25) is 4.79 Å². The van der Waals surface area contributed by atoms with Crippen LogP contribution in [0, 0.1) is 6.92 Å². The molecule has 0 bridgehead atoms. The predicted molar refractivity (Wildman–Crippen MR) is 119 cm³/mol. The Morgan fingerprint density at radius 3 is 2.29 bits per heavy atom. The highest BCUT2D eigenvalue weighted by Crippen LogP contribution is 2.23. The fourth-order valence-electron chi connectivity index (χ4n) is 3.58. The number of sulfonamides is 1. The van der Waals surface area contributed by atoms with E-state index >= 15 is 0 Å². The largest absolute Gasteiger partial charge is 0.353 e. The molecule has 1 saturated heterocycles. The van der Waals surface area contributed by atoms with E-state index in [1.165, 1.54) is 12.1 Å². The molecule has 1 amide bonds. The Balaban J connectivity index is 1.39. The summed E-state index contributed by atoms with van der Waals surface area (Å²) in [5, 5.41) is 0. The van der Waals surface area contributed by atoms with Gasteiger partial charge in [0.15, 0.2) is 0 Å². The van der Waals surface area contributed by atoms with Crippen molar-refractivity contribution in [3.8, 4) is 0 Å². The lowest BCUT2D eigenvalue weighted by Crippen LogP contribution is -2.49. The summed E-state index contributed by atoms with van der Waals surface area (Å²) < 4.78 is 27.3. The van der Waals surface area contributed by atoms with Crippen molar-refractivity contribution in [2.24, 2.45) is 0 Å². The Morgan fingerprint density at radius 2 is 1.71 bits per heavy atom. The highest BCUT2D eigenvalue weighted by Gasteiger charge is 2.28. The predicted octanol–water partition coefficient (Wildman–Crippen LogP) is 2.31. The Bertz CT molecular complexity index is 1060. The average Bonchev–Trinajstić information content (AvgIpc) is 3.56. The van der Waals surface area contributed by atoms with Crippen molar-refractivity contribution in [3.63, 3.8) is 0 Å². The number of nitrogens with one attached hydrogen (secondary N) is 1. The highest BCUT2D eigenvalue weighted by atomic mass is 32.2. The summed E-state index contributed by atoms with van der Waals surface area (Å²) in [5.41, 5.74) is 1.44. The molecule has 4 rings (SSSR count). The van der Waals surface area contributed by atoms with E-state index in [1.54, 1.807) is 17.0 Å². The van der Waals surface area contributed by atoms with Crippen LogP contribution in [0.3, 0.4) is 0 Å². The quantitative estimate of drug-likeness (QED) is 0.736. The van der Waals surface area contributed by atoms with Gasteiger partial charge in [0.2, 0.25) is 10.0 Å². The SMILES string of the molecule is Cc1cc(N2CCN(C(=O)c3ccc(S(=O)(=O)NC4CC4)cc3)CC2)nc(C(C)C)n1. The van der Waals surface area contributed by atoms with Crippen molar-refractivity contribution in [1.82, 2.24) is 19.6 Å². The molecule has 1 N–H and O–H groups in total. The molecule has 1 aromatic carbocycles. The van der Waals surface area contributed by atoms with Gasteiger partial charge < -0.3 is 9.80 Å². The summed E-state index contributed by atoms with van der Waals surface area (Å²) >= 11 is 0. The van der Waals surface area contributed by atoms with Gasteiger partial charge in [0.1, 0.15) is 11.6 Å². The number of aromatic nitrogens is 2. The molecule has 2 fully saturated rings. The number of amides is 1. The normalized spacial score (nSPS) is 17.3. The third kappa shape index (κ3) is 5.04. The van der Waals surface area contributed by atoms with E-state index in [1.807, 2.05) is 13.0 Å². The van der Waals surface area contributed by atoms with Crippen LogP contribution in [-0.4, -0.2) is 61.4 Å². The molecule has 166 valence electrons. The number of carbonyl (C=O) groups excluding carboxylic acids is 1. The molecule has 9 heteroatoms. The Morgan fingerprint density at radius 1 is 1.06 bits per heavy atom. The summed E-state index contributed by atoms with van der Waals surface area (Å²) in [7, 11) is -3.51. The Hall–Kier alpha value is -2.52. The maximum absolute atomic E-state index is 12.9. The zero-order valence-electron chi connectivity index (χ0n) is 18.2. The third-order valence-electron chi connectivity index (χ3n) is 5.58. The summed E-state index contributed by atoms with van der Waals surface area (Å²) in [6.07, 6.45) is 1.77. The van der Waals surface area contributed by atoms with Crippen molar-refractivity contribution < 1.29 is 13.2 Å². The van der Waals surface area contributed by atoms with Crippen molar-refractivity contribution >= 4 is 21.7 Å². The van der Waals surface area contributed by atoms with Gasteiger partial charge in [-0.2, -0.15) is 0 Å². The number of nitrogens with zero attached hydrogens (tertiary/aromatic N) is 4. The first-order chi connectivity index (χ1) is 14.7. The zero-order valence-corrected chi connectivity index (χ0v) is 19.0. The zero-order chi connectivity index (χ0) is 22.2. The number of aryl methyl sites for hydroxylation is 1. The molecular formula is C22H29N5O3S. The van der Waals surface area contributed by atoms with Crippen molar-refractivity contribution in [2.75, 3.05) is 31.1 Å². The summed E-state index contributed by atoms with van der Waals surface area (Å²) in [4.78, 5) is 26.3. The number of piperazine rings is 1. The number of carbonyl (C=O) groups is 1. The minimum Gasteiger partial charge on any atom is -0.353 e. The molecule has 2 aliphatic rings. The number of hydrogen-bond donors (Lipinski definition) is 1. The highest BCUT2D eigenvalue weighted by molar-refractivity contribution is 7.89. The second kappa shape index (κ2) is 8.55. The lowest BCUT2D eigenvalue weighted by atomic mass is 10.1. The fraction of sp³-hybridized carbons (Fsp3) is 0.500. The minimum atomic E-state index is -3.51. The van der Waals surface area contributed by atoms with E-state index < -0.39 is 10.0 Å². The molecule has 1 aliphatic heterocycles. The monoisotopic (exact) mass is 443 g/mol. The lowest BCUT2D eigenvalue weighted by molar-refractivity contribution is 0.0746. The average molecular weight is 444 g/mol. The maximum atomic E-state index is 12.9. The summed E-state index contributed by atoms with van der Waals surface area (Å²) in [6.45, 7) is 8.68. The van der Waals surface area contributed by atoms with Crippen LogP contribution >= 0.6 is 0 Å². The molecule has 1 saturated carbocycles. The minimum absolute atomic E-state index is 0.0536. The van der Waals surface area contributed by atoms with Gasteiger partial charge in [-0.25, -0.2) is 23.1 Å². The van der Waals surface area contributed by atoms with Crippen molar-refractivity contribution in [2.45, 2.75) is 50.5 Å². The standard InChI is InChI=1S/C22H29N5O3S/c1-15(2)21-23-16(3)14-20(24-21)26-10-12-27(13-11-26)22(28)17-4-8-19(9-5-17)31(29,30)25-18-6-7-18/h4-5,8-9,14-15,18,25H,6-7,10-13H2,1-3H3. The molecule has 2 aromatic rings. The molecule has 0 radical (unpaired) electrons. The molecule has 0 atom stereocenters. The van der Waals surface area contributed by atoms with Crippen LogP contribution in [0.5, 0.6) is 0 Å². The molecular weight excluding hydrogens is 414 g/mol. The van der Waals surface area contributed by atoms with Gasteiger partial charge in [0.05, 0.1) is 4.90 Å². The van der Waals surface area contributed by atoms with Crippen LogP contribution in [0.25, 0.3) is 0 Å². The van der Waals surface area contributed by atoms with Gasteiger partial charge in [0, 0.05) is 55.5 Å². The van der Waals surface area contributed by atoms with Crippen LogP contribution in [0.1, 0.15) is 54.5 Å². The first-order valence-electron chi connectivity index (χ1n) is 10.7. The second-order valence-electron chi connectivity index (χ2n) is 8.58. The van der Waals surface area contributed by atoms with Crippen LogP contribution < -0.4 is 9.62 Å². The number of anilines is 1. The van der Waals surface area contributed by atoms with E-state index in [9.17, 15) is 13.2 Å². The number of hydrogen-bond acceptors (Lipinski definition) is 6. The van der Waals surface area contributed by atoms with Crippen LogP contribution in [0.4, 0.5) is 5.82 Å². The lowest BCUT2D eigenvalue weighted by Gasteiger charge is -2.35. The Labute approximate surface area is 183 Å². The summed E-state index contributed by atoms with van der Waals surface area (Å²) in [6, 6.07) is 8.24. The van der Waals surface area contributed by atoms with E-state index in [2.05, 4.69) is 28.5 Å². The Kier molecular flexibility index (Phi) is 5.98. The smallest absolute Gasteiger partial charge is 0.253 e. The number of rotatable bonds is 6. The molecule has 8 nitrogen and oxygen atoms in total. The molecule has 0 unspecified atom stereocenters. The first-order valence-corrected chi connectivity index (χ1v) is 12.2. The number of benzene rings is 1. The van der Waals surface area contributed by atoms with E-state index in [-0.39, 0.29) is 22.8 Å². The first kappa shape index (κ1) is 21.7. The van der Waals surface area contributed by atoms with E-state index in [0.717, 1.165) is 30.2 Å². The van der Waals surface area contributed by atoms with E-state index in [0.29, 0.717) is 31.7 Å². The molecule has 1 aliphatic carbocycles. The molecule has 2 heterocycles. The van der Waals surface area contributed by atoms with Gasteiger partial charge in [-0.15, -0.1) is 0 Å². The van der Waals surface area contributed by atoms with Crippen LogP contribution in [0.2, 0.25) is 0 Å². The molecule has 31 heavy (non-hydrogen) atoms. The maximum Gasteiger partial charge on any atom is 0.253 e. The van der Waals surface area contributed by atoms with Crippen LogP contribution in [0.15, 0.2) is 35.2 Å². The fourth-order valence-corrected chi connectivity index (χ4v) is 4.89. The van der Waals surface area contributed by atoms with Crippen LogP contribution in [-0.2, 0) is 10.0 Å².